The zero-order valence-electron chi connectivity index (χ0n) is 13.6. The molecular weight excluding hydrogens is 311 g/mol. The molecule has 1 rings (SSSR count). The molecule has 4 nitrogen and oxygen atoms in total. The molecule has 0 fully saturated rings. The van der Waals surface area contributed by atoms with E-state index in [1.54, 1.807) is 20.8 Å². The lowest BCUT2D eigenvalue weighted by Gasteiger charge is -2.23. The molecule has 1 aromatic carbocycles. The SMILES string of the molecule is CCC(O)C(F)(F)c1cccc(CNC(=O)OC(C)(C)C)c1F. The number of carbonyl (C=O) groups is 1. The number of alkyl carbamates (subject to hydrolysis) is 1. The van der Waals surface area contributed by atoms with Crippen molar-refractivity contribution in [3.63, 3.8) is 0 Å². The number of rotatable bonds is 5. The molecule has 130 valence electrons. The number of hydrogen-bond donors (Lipinski definition) is 2. The van der Waals surface area contributed by atoms with Crippen LogP contribution in [-0.4, -0.2) is 22.9 Å². The van der Waals surface area contributed by atoms with Gasteiger partial charge < -0.3 is 15.2 Å². The summed E-state index contributed by atoms with van der Waals surface area (Å²) in [6.07, 6.45) is -2.97. The molecule has 0 heterocycles. The van der Waals surface area contributed by atoms with Gasteiger partial charge in [-0.05, 0) is 33.3 Å². The average Bonchev–Trinajstić information content (AvgIpc) is 2.43. The zero-order valence-corrected chi connectivity index (χ0v) is 13.6. The van der Waals surface area contributed by atoms with E-state index < -0.39 is 35.1 Å². The number of amides is 1. The number of alkyl halides is 2. The normalized spacial score (nSPS) is 13.6. The van der Waals surface area contributed by atoms with Crippen LogP contribution >= 0.6 is 0 Å². The molecule has 2 N–H and O–H groups in total. The molecule has 0 aliphatic heterocycles. The Labute approximate surface area is 133 Å². The Hall–Kier alpha value is -1.76. The molecular formula is C16H22F3NO3. The monoisotopic (exact) mass is 333 g/mol. The summed E-state index contributed by atoms with van der Waals surface area (Å²) in [7, 11) is 0. The minimum Gasteiger partial charge on any atom is -0.444 e. The van der Waals surface area contributed by atoms with Gasteiger partial charge in [0.15, 0.2) is 0 Å². The van der Waals surface area contributed by atoms with Gasteiger partial charge in [0.05, 0.1) is 5.56 Å². The van der Waals surface area contributed by atoms with E-state index >= 15 is 0 Å². The maximum atomic E-state index is 14.3. The van der Waals surface area contributed by atoms with Crippen LogP contribution in [0.3, 0.4) is 0 Å². The molecule has 1 atom stereocenters. The van der Waals surface area contributed by atoms with E-state index in [1.165, 1.54) is 19.1 Å². The van der Waals surface area contributed by atoms with Crippen LogP contribution < -0.4 is 5.32 Å². The van der Waals surface area contributed by atoms with Gasteiger partial charge in [-0.1, -0.05) is 19.1 Å². The Morgan fingerprint density at radius 1 is 1.35 bits per heavy atom. The third-order valence-corrected chi connectivity index (χ3v) is 3.07. The summed E-state index contributed by atoms with van der Waals surface area (Å²) in [5, 5.41) is 11.7. The van der Waals surface area contributed by atoms with Crippen LogP contribution in [0.15, 0.2) is 18.2 Å². The second-order valence-electron chi connectivity index (χ2n) is 6.18. The lowest BCUT2D eigenvalue weighted by molar-refractivity contribution is -0.118. The van der Waals surface area contributed by atoms with Gasteiger partial charge in [-0.2, -0.15) is 8.78 Å². The number of ether oxygens (including phenoxy) is 1. The Bertz CT molecular complexity index is 556. The molecule has 1 unspecified atom stereocenters. The Morgan fingerprint density at radius 2 is 1.96 bits per heavy atom. The Balaban J connectivity index is 2.91. The van der Waals surface area contributed by atoms with Crippen LogP contribution in [0.1, 0.15) is 45.2 Å². The number of nitrogens with one attached hydrogen (secondary N) is 1. The molecule has 0 aliphatic carbocycles. The van der Waals surface area contributed by atoms with Crippen molar-refractivity contribution in [2.24, 2.45) is 0 Å². The number of aliphatic hydroxyl groups excluding tert-OH is 1. The molecule has 1 aromatic rings. The van der Waals surface area contributed by atoms with Gasteiger partial charge in [-0.15, -0.1) is 0 Å². The van der Waals surface area contributed by atoms with E-state index in [-0.39, 0.29) is 18.5 Å². The molecule has 0 aromatic heterocycles. The molecule has 0 bridgehead atoms. The standard InChI is InChI=1S/C16H22F3NO3/c1-5-12(21)16(18,19)11-8-6-7-10(13(11)17)9-20-14(22)23-15(2,3)4/h6-8,12,21H,5,9H2,1-4H3,(H,20,22). The van der Waals surface area contributed by atoms with Crippen LogP contribution in [-0.2, 0) is 17.2 Å². The average molecular weight is 333 g/mol. The van der Waals surface area contributed by atoms with E-state index in [0.717, 1.165) is 6.07 Å². The number of aliphatic hydroxyl groups is 1. The third kappa shape index (κ3) is 5.13. The number of hydrogen-bond acceptors (Lipinski definition) is 3. The number of carbonyl (C=O) groups excluding carboxylic acids is 1. The number of halogens is 3. The van der Waals surface area contributed by atoms with E-state index in [2.05, 4.69) is 5.32 Å². The lowest BCUT2D eigenvalue weighted by atomic mass is 9.98. The molecule has 23 heavy (non-hydrogen) atoms. The predicted octanol–water partition coefficient (Wildman–Crippen LogP) is 3.71. The van der Waals surface area contributed by atoms with Crippen molar-refractivity contribution in [3.8, 4) is 0 Å². The van der Waals surface area contributed by atoms with Crippen LogP contribution in [0.25, 0.3) is 0 Å². The van der Waals surface area contributed by atoms with Crippen LogP contribution in [0, 0.1) is 5.82 Å². The molecule has 0 radical (unpaired) electrons. The summed E-state index contributed by atoms with van der Waals surface area (Å²) in [6, 6.07) is 3.45. The predicted molar refractivity (Wildman–Crippen MR) is 79.7 cm³/mol. The molecule has 7 heteroatoms. The Kier molecular flexibility index (Phi) is 6.04. The van der Waals surface area contributed by atoms with Crippen molar-refractivity contribution in [3.05, 3.63) is 35.1 Å². The molecule has 0 spiro atoms. The first-order chi connectivity index (χ1) is 10.5. The van der Waals surface area contributed by atoms with Crippen LogP contribution in [0.5, 0.6) is 0 Å². The molecule has 0 aliphatic rings. The van der Waals surface area contributed by atoms with E-state index in [0.29, 0.717) is 0 Å². The van der Waals surface area contributed by atoms with E-state index in [1.807, 2.05) is 0 Å². The summed E-state index contributed by atoms with van der Waals surface area (Å²) >= 11 is 0. The highest BCUT2D eigenvalue weighted by molar-refractivity contribution is 5.67. The van der Waals surface area contributed by atoms with Crippen LogP contribution in [0.2, 0.25) is 0 Å². The fraction of sp³-hybridized carbons (Fsp3) is 0.562. The summed E-state index contributed by atoms with van der Waals surface area (Å²) < 4.78 is 47.3. The van der Waals surface area contributed by atoms with Crippen molar-refractivity contribution >= 4 is 6.09 Å². The quantitative estimate of drug-likeness (QED) is 0.863. The van der Waals surface area contributed by atoms with E-state index in [4.69, 9.17) is 4.74 Å². The first-order valence-electron chi connectivity index (χ1n) is 7.29. The van der Waals surface area contributed by atoms with Crippen molar-refractivity contribution in [1.82, 2.24) is 5.32 Å². The number of benzene rings is 1. The maximum Gasteiger partial charge on any atom is 0.407 e. The minimum absolute atomic E-state index is 0.115. The summed E-state index contributed by atoms with van der Waals surface area (Å²) in [5.41, 5.74) is -1.73. The second kappa shape index (κ2) is 7.21. The first-order valence-corrected chi connectivity index (χ1v) is 7.29. The summed E-state index contributed by atoms with van der Waals surface area (Å²) in [4.78, 5) is 11.5. The van der Waals surface area contributed by atoms with Gasteiger partial charge in [-0.25, -0.2) is 9.18 Å². The lowest BCUT2D eigenvalue weighted by Crippen LogP contribution is -2.33. The first kappa shape index (κ1) is 19.3. The van der Waals surface area contributed by atoms with Gasteiger partial charge in [0.25, 0.3) is 0 Å². The van der Waals surface area contributed by atoms with Gasteiger partial charge >= 0.3 is 12.0 Å². The van der Waals surface area contributed by atoms with Gasteiger partial charge in [0.1, 0.15) is 17.5 Å². The highest BCUT2D eigenvalue weighted by Gasteiger charge is 2.42. The van der Waals surface area contributed by atoms with Crippen molar-refractivity contribution < 1.29 is 27.8 Å². The highest BCUT2D eigenvalue weighted by Crippen LogP contribution is 2.35. The highest BCUT2D eigenvalue weighted by atomic mass is 19.3. The topological polar surface area (TPSA) is 58.6 Å². The van der Waals surface area contributed by atoms with Crippen molar-refractivity contribution in [2.45, 2.75) is 58.3 Å². The molecule has 0 saturated heterocycles. The molecule has 0 saturated carbocycles. The van der Waals surface area contributed by atoms with Gasteiger partial charge in [-0.3, -0.25) is 0 Å². The van der Waals surface area contributed by atoms with Crippen molar-refractivity contribution in [1.29, 1.82) is 0 Å². The summed E-state index contributed by atoms with van der Waals surface area (Å²) in [6.45, 7) is 6.08. The largest absolute Gasteiger partial charge is 0.444 e. The smallest absolute Gasteiger partial charge is 0.407 e. The minimum atomic E-state index is -3.71. The third-order valence-electron chi connectivity index (χ3n) is 3.07. The van der Waals surface area contributed by atoms with Gasteiger partial charge in [0.2, 0.25) is 0 Å². The zero-order chi connectivity index (χ0) is 17.8. The Morgan fingerprint density at radius 3 is 2.48 bits per heavy atom. The summed E-state index contributed by atoms with van der Waals surface area (Å²) in [5.74, 6) is -4.86. The van der Waals surface area contributed by atoms with Crippen LogP contribution in [0.4, 0.5) is 18.0 Å². The maximum absolute atomic E-state index is 14.3. The fourth-order valence-electron chi connectivity index (χ4n) is 1.89. The van der Waals surface area contributed by atoms with Gasteiger partial charge in [0, 0.05) is 12.1 Å². The molecule has 1 amide bonds. The fourth-order valence-corrected chi connectivity index (χ4v) is 1.89. The van der Waals surface area contributed by atoms with Crippen molar-refractivity contribution in [2.75, 3.05) is 0 Å². The van der Waals surface area contributed by atoms with E-state index in [9.17, 15) is 23.1 Å². The second-order valence-corrected chi connectivity index (χ2v) is 6.18.